The number of nitrogens with one attached hydrogen (secondary N) is 1. The molecule has 2 nitrogen and oxygen atoms in total. The van der Waals surface area contributed by atoms with Gasteiger partial charge in [-0.25, -0.2) is 0 Å². The van der Waals surface area contributed by atoms with E-state index in [2.05, 4.69) is 22.3 Å². The lowest BCUT2D eigenvalue weighted by Gasteiger charge is -2.16. The summed E-state index contributed by atoms with van der Waals surface area (Å²) in [6.07, 6.45) is 2.65. The number of hydrogen-bond donors (Lipinski definition) is 1. The molecule has 0 aliphatic carbocycles. The van der Waals surface area contributed by atoms with Gasteiger partial charge in [-0.2, -0.15) is 0 Å². The van der Waals surface area contributed by atoms with Crippen LogP contribution in [0.25, 0.3) is 0 Å². The van der Waals surface area contributed by atoms with Crippen molar-refractivity contribution in [2.75, 3.05) is 25.5 Å². The maximum absolute atomic E-state index is 6.22. The van der Waals surface area contributed by atoms with Crippen LogP contribution >= 0.6 is 11.6 Å². The fourth-order valence-electron chi connectivity index (χ4n) is 2.01. The SMILES string of the molecule is CNc1ccc(CN2CCCC2)c(Cl)c1. The Balaban J connectivity index is 2.07. The van der Waals surface area contributed by atoms with E-state index >= 15 is 0 Å². The fraction of sp³-hybridized carbons (Fsp3) is 0.500. The van der Waals surface area contributed by atoms with E-state index in [-0.39, 0.29) is 0 Å². The molecule has 1 aromatic carbocycles. The molecule has 0 spiro atoms. The maximum Gasteiger partial charge on any atom is 0.0471 e. The molecule has 3 heteroatoms. The highest BCUT2D eigenvalue weighted by Crippen LogP contribution is 2.23. The molecule has 1 heterocycles. The van der Waals surface area contributed by atoms with Crippen LogP contribution in [0.1, 0.15) is 18.4 Å². The van der Waals surface area contributed by atoms with Crippen molar-refractivity contribution in [2.24, 2.45) is 0 Å². The minimum atomic E-state index is 0.869. The summed E-state index contributed by atoms with van der Waals surface area (Å²) in [4.78, 5) is 2.46. The fourth-order valence-corrected chi connectivity index (χ4v) is 2.25. The van der Waals surface area contributed by atoms with Crippen molar-refractivity contribution in [2.45, 2.75) is 19.4 Å². The molecule has 1 saturated heterocycles. The van der Waals surface area contributed by atoms with Crippen LogP contribution in [0.3, 0.4) is 0 Å². The molecule has 0 aromatic heterocycles. The second-order valence-electron chi connectivity index (χ2n) is 4.04. The van der Waals surface area contributed by atoms with Crippen LogP contribution in [0.2, 0.25) is 5.02 Å². The van der Waals surface area contributed by atoms with Gasteiger partial charge in [-0.15, -0.1) is 0 Å². The second-order valence-corrected chi connectivity index (χ2v) is 4.45. The Hall–Kier alpha value is -0.730. The molecule has 1 aliphatic rings. The summed E-state index contributed by atoms with van der Waals surface area (Å²) >= 11 is 6.22. The molecule has 0 unspecified atom stereocenters. The zero-order valence-corrected chi connectivity index (χ0v) is 9.85. The average molecular weight is 225 g/mol. The largest absolute Gasteiger partial charge is 0.388 e. The van der Waals surface area contributed by atoms with E-state index in [1.807, 2.05) is 13.1 Å². The first kappa shape index (κ1) is 10.8. The summed E-state index contributed by atoms with van der Waals surface area (Å²) < 4.78 is 0. The Bertz CT molecular complexity index is 332. The lowest BCUT2D eigenvalue weighted by molar-refractivity contribution is 0.331. The molecule has 1 aromatic rings. The smallest absolute Gasteiger partial charge is 0.0471 e. The van der Waals surface area contributed by atoms with E-state index in [4.69, 9.17) is 11.6 Å². The lowest BCUT2D eigenvalue weighted by Crippen LogP contribution is -2.18. The van der Waals surface area contributed by atoms with Gasteiger partial charge >= 0.3 is 0 Å². The summed E-state index contributed by atoms with van der Waals surface area (Å²) in [6, 6.07) is 6.19. The molecular formula is C12H17ClN2. The van der Waals surface area contributed by atoms with Gasteiger partial charge in [0, 0.05) is 24.3 Å². The van der Waals surface area contributed by atoms with Crippen LogP contribution in [0, 0.1) is 0 Å². The van der Waals surface area contributed by atoms with Gasteiger partial charge in [0.25, 0.3) is 0 Å². The van der Waals surface area contributed by atoms with Crippen molar-refractivity contribution >= 4 is 17.3 Å². The first-order valence-electron chi connectivity index (χ1n) is 5.48. The molecule has 0 saturated carbocycles. The van der Waals surface area contributed by atoms with Crippen molar-refractivity contribution < 1.29 is 0 Å². The van der Waals surface area contributed by atoms with Crippen LogP contribution in [0.5, 0.6) is 0 Å². The van der Waals surface area contributed by atoms with Crippen LogP contribution in [-0.2, 0) is 6.54 Å². The summed E-state index contributed by atoms with van der Waals surface area (Å²) in [5.74, 6) is 0. The number of anilines is 1. The summed E-state index contributed by atoms with van der Waals surface area (Å²) in [7, 11) is 1.91. The van der Waals surface area contributed by atoms with Crippen molar-refractivity contribution in [1.82, 2.24) is 4.90 Å². The van der Waals surface area contributed by atoms with Crippen molar-refractivity contribution in [3.8, 4) is 0 Å². The standard InChI is InChI=1S/C12H17ClN2/c1-14-11-5-4-10(12(13)8-11)9-15-6-2-3-7-15/h4-5,8,14H,2-3,6-7,9H2,1H3. The third kappa shape index (κ3) is 2.64. The van der Waals surface area contributed by atoms with Crippen LogP contribution in [0.15, 0.2) is 18.2 Å². The normalized spacial score (nSPS) is 16.9. The number of nitrogens with zero attached hydrogens (tertiary/aromatic N) is 1. The number of halogens is 1. The highest BCUT2D eigenvalue weighted by molar-refractivity contribution is 6.31. The minimum absolute atomic E-state index is 0.869. The van der Waals surface area contributed by atoms with E-state index in [9.17, 15) is 0 Å². The summed E-state index contributed by atoms with van der Waals surface area (Å²) in [5.41, 5.74) is 2.31. The van der Waals surface area contributed by atoms with Crippen molar-refractivity contribution in [3.05, 3.63) is 28.8 Å². The zero-order valence-electron chi connectivity index (χ0n) is 9.09. The second kappa shape index (κ2) is 4.86. The highest BCUT2D eigenvalue weighted by atomic mass is 35.5. The van der Waals surface area contributed by atoms with Crippen LogP contribution in [0.4, 0.5) is 5.69 Å². The molecule has 0 radical (unpaired) electrons. The van der Waals surface area contributed by atoms with Crippen LogP contribution in [-0.4, -0.2) is 25.0 Å². The predicted octanol–water partition coefficient (Wildman–Crippen LogP) is 2.98. The zero-order chi connectivity index (χ0) is 10.7. The van der Waals surface area contributed by atoms with E-state index < -0.39 is 0 Å². The van der Waals surface area contributed by atoms with Gasteiger partial charge in [0.05, 0.1) is 0 Å². The number of hydrogen-bond acceptors (Lipinski definition) is 2. The van der Waals surface area contributed by atoms with Crippen LogP contribution < -0.4 is 5.32 Å². The minimum Gasteiger partial charge on any atom is -0.388 e. The van der Waals surface area contributed by atoms with Gasteiger partial charge < -0.3 is 5.32 Å². The first-order chi connectivity index (χ1) is 7.29. The Labute approximate surface area is 96.2 Å². The topological polar surface area (TPSA) is 15.3 Å². The summed E-state index contributed by atoms with van der Waals surface area (Å²) in [6.45, 7) is 3.41. The lowest BCUT2D eigenvalue weighted by atomic mass is 10.2. The van der Waals surface area contributed by atoms with Gasteiger partial charge in [0.15, 0.2) is 0 Å². The third-order valence-corrected chi connectivity index (χ3v) is 3.29. The van der Waals surface area contributed by atoms with Crippen molar-refractivity contribution in [3.63, 3.8) is 0 Å². The van der Waals surface area contributed by atoms with E-state index in [0.717, 1.165) is 17.3 Å². The Morgan fingerprint density at radius 1 is 1.33 bits per heavy atom. The van der Waals surface area contributed by atoms with Crippen molar-refractivity contribution in [1.29, 1.82) is 0 Å². The van der Waals surface area contributed by atoms with Gasteiger partial charge in [0.1, 0.15) is 0 Å². The molecule has 0 amide bonds. The quantitative estimate of drug-likeness (QED) is 0.849. The molecule has 0 bridgehead atoms. The highest BCUT2D eigenvalue weighted by Gasteiger charge is 2.13. The summed E-state index contributed by atoms with van der Waals surface area (Å²) in [5, 5.41) is 3.96. The first-order valence-corrected chi connectivity index (χ1v) is 5.86. The molecule has 1 N–H and O–H groups in total. The molecule has 1 aliphatic heterocycles. The molecule has 82 valence electrons. The van der Waals surface area contributed by atoms with Gasteiger partial charge in [-0.3, -0.25) is 4.90 Å². The average Bonchev–Trinajstić information content (AvgIpc) is 2.74. The van der Waals surface area contributed by atoms with E-state index in [1.54, 1.807) is 0 Å². The third-order valence-electron chi connectivity index (χ3n) is 2.93. The number of rotatable bonds is 3. The Morgan fingerprint density at radius 3 is 2.67 bits per heavy atom. The molecule has 0 atom stereocenters. The van der Waals surface area contributed by atoms with E-state index in [1.165, 1.54) is 31.5 Å². The molecule has 1 fully saturated rings. The van der Waals surface area contributed by atoms with Gasteiger partial charge in [0.2, 0.25) is 0 Å². The Kier molecular flexibility index (Phi) is 3.49. The number of benzene rings is 1. The molecule has 15 heavy (non-hydrogen) atoms. The monoisotopic (exact) mass is 224 g/mol. The van der Waals surface area contributed by atoms with E-state index in [0.29, 0.717) is 0 Å². The predicted molar refractivity (Wildman–Crippen MR) is 65.5 cm³/mol. The molecule has 2 rings (SSSR count). The van der Waals surface area contributed by atoms with Gasteiger partial charge in [-0.05, 0) is 43.6 Å². The molecular weight excluding hydrogens is 208 g/mol. The van der Waals surface area contributed by atoms with Gasteiger partial charge in [-0.1, -0.05) is 17.7 Å². The number of likely N-dealkylation sites (tertiary alicyclic amines) is 1. The maximum atomic E-state index is 6.22. The Morgan fingerprint density at radius 2 is 2.07 bits per heavy atom.